The summed E-state index contributed by atoms with van der Waals surface area (Å²) in [6, 6.07) is 6.12. The van der Waals surface area contributed by atoms with E-state index < -0.39 is 11.5 Å². The summed E-state index contributed by atoms with van der Waals surface area (Å²) < 4.78 is 13.3. The van der Waals surface area contributed by atoms with Crippen LogP contribution in [-0.2, 0) is 10.2 Å². The van der Waals surface area contributed by atoms with E-state index in [0.717, 1.165) is 0 Å². The Kier molecular flexibility index (Phi) is 5.51. The number of hydrogen-bond donors (Lipinski definition) is 2. The Hall–Kier alpha value is -1.42. The molecule has 1 amide bonds. The minimum Gasteiger partial charge on any atom is -0.393 e. The van der Waals surface area contributed by atoms with Crippen molar-refractivity contribution in [2.24, 2.45) is 5.41 Å². The Bertz CT molecular complexity index is 495. The number of benzene rings is 1. The monoisotopic (exact) mass is 295 g/mol. The average Bonchev–Trinajstić information content (AvgIpc) is 2.34. The lowest BCUT2D eigenvalue weighted by Crippen LogP contribution is -2.44. The minimum absolute atomic E-state index is 0.147. The van der Waals surface area contributed by atoms with E-state index in [0.29, 0.717) is 18.5 Å². The fourth-order valence-electron chi connectivity index (χ4n) is 2.42. The van der Waals surface area contributed by atoms with E-state index in [9.17, 15) is 14.3 Å². The van der Waals surface area contributed by atoms with Crippen molar-refractivity contribution in [2.75, 3.05) is 6.54 Å². The highest BCUT2D eigenvalue weighted by molar-refractivity contribution is 5.87. The first-order valence-electron chi connectivity index (χ1n) is 7.27. The van der Waals surface area contributed by atoms with E-state index in [1.807, 2.05) is 13.8 Å². The molecule has 3 nitrogen and oxygen atoms in total. The van der Waals surface area contributed by atoms with Gasteiger partial charge in [-0.05, 0) is 50.3 Å². The van der Waals surface area contributed by atoms with E-state index in [-0.39, 0.29) is 17.1 Å². The summed E-state index contributed by atoms with van der Waals surface area (Å²) >= 11 is 0. The fourth-order valence-corrected chi connectivity index (χ4v) is 2.42. The van der Waals surface area contributed by atoms with Gasteiger partial charge in [-0.3, -0.25) is 4.79 Å². The van der Waals surface area contributed by atoms with Crippen molar-refractivity contribution in [3.63, 3.8) is 0 Å². The van der Waals surface area contributed by atoms with Gasteiger partial charge in [0.1, 0.15) is 5.82 Å². The van der Waals surface area contributed by atoms with Crippen molar-refractivity contribution in [1.29, 1.82) is 0 Å². The molecule has 0 radical (unpaired) electrons. The number of amides is 1. The lowest BCUT2D eigenvalue weighted by atomic mass is 9.82. The van der Waals surface area contributed by atoms with E-state index in [1.165, 1.54) is 12.1 Å². The van der Waals surface area contributed by atoms with Crippen LogP contribution in [-0.4, -0.2) is 23.7 Å². The number of carbonyl (C=O) groups excluding carboxylic acids is 1. The second-order valence-corrected chi connectivity index (χ2v) is 7.04. The van der Waals surface area contributed by atoms with E-state index in [1.54, 1.807) is 32.9 Å². The molecule has 1 atom stereocenters. The van der Waals surface area contributed by atoms with Crippen LogP contribution >= 0.6 is 0 Å². The zero-order valence-electron chi connectivity index (χ0n) is 13.5. The van der Waals surface area contributed by atoms with Gasteiger partial charge in [-0.25, -0.2) is 4.39 Å². The first-order valence-corrected chi connectivity index (χ1v) is 7.27. The highest BCUT2D eigenvalue weighted by atomic mass is 19.1. The molecule has 21 heavy (non-hydrogen) atoms. The molecule has 1 aromatic carbocycles. The number of carbonyl (C=O) groups is 1. The molecule has 0 aliphatic carbocycles. The van der Waals surface area contributed by atoms with Gasteiger partial charge in [-0.15, -0.1) is 0 Å². The summed E-state index contributed by atoms with van der Waals surface area (Å²) in [4.78, 5) is 12.4. The predicted molar refractivity (Wildman–Crippen MR) is 82.5 cm³/mol. The van der Waals surface area contributed by atoms with Crippen molar-refractivity contribution < 1.29 is 14.3 Å². The molecular weight excluding hydrogens is 269 g/mol. The van der Waals surface area contributed by atoms with Crippen LogP contribution in [0.2, 0.25) is 0 Å². The lowest BCUT2D eigenvalue weighted by Gasteiger charge is -2.30. The van der Waals surface area contributed by atoms with Gasteiger partial charge in [-0.2, -0.15) is 0 Å². The largest absolute Gasteiger partial charge is 0.393 e. The summed E-state index contributed by atoms with van der Waals surface area (Å²) in [5.41, 5.74) is -0.349. The van der Waals surface area contributed by atoms with Crippen molar-refractivity contribution in [3.8, 4) is 0 Å². The maximum atomic E-state index is 13.3. The Morgan fingerprint density at radius 2 is 1.95 bits per heavy atom. The van der Waals surface area contributed by atoms with Crippen LogP contribution in [0.5, 0.6) is 0 Å². The van der Waals surface area contributed by atoms with Gasteiger partial charge in [0.2, 0.25) is 5.91 Å². The number of aliphatic hydroxyl groups excluding tert-OH is 1. The Morgan fingerprint density at radius 1 is 1.33 bits per heavy atom. The molecule has 0 saturated carbocycles. The number of aliphatic hydroxyl groups is 1. The van der Waals surface area contributed by atoms with Crippen molar-refractivity contribution in [3.05, 3.63) is 35.6 Å². The summed E-state index contributed by atoms with van der Waals surface area (Å²) in [7, 11) is 0. The first kappa shape index (κ1) is 17.6. The van der Waals surface area contributed by atoms with Crippen LogP contribution in [0.25, 0.3) is 0 Å². The smallest absolute Gasteiger partial charge is 0.230 e. The SMILES string of the molecule is CC(O)CC(C)(C)CNC(=O)C(C)(C)c1cccc(F)c1. The van der Waals surface area contributed by atoms with Crippen LogP contribution in [0.4, 0.5) is 4.39 Å². The van der Waals surface area contributed by atoms with E-state index in [4.69, 9.17) is 0 Å². The fraction of sp³-hybridized carbons (Fsp3) is 0.588. The maximum Gasteiger partial charge on any atom is 0.230 e. The molecule has 2 N–H and O–H groups in total. The minimum atomic E-state index is -0.803. The zero-order valence-corrected chi connectivity index (χ0v) is 13.5. The van der Waals surface area contributed by atoms with Gasteiger partial charge in [0.05, 0.1) is 11.5 Å². The van der Waals surface area contributed by atoms with Crippen LogP contribution in [0.15, 0.2) is 24.3 Å². The molecule has 0 aliphatic heterocycles. The highest BCUT2D eigenvalue weighted by Crippen LogP contribution is 2.26. The van der Waals surface area contributed by atoms with Crippen LogP contribution in [0.3, 0.4) is 0 Å². The van der Waals surface area contributed by atoms with Crippen LogP contribution in [0, 0.1) is 11.2 Å². The predicted octanol–water partition coefficient (Wildman–Crippen LogP) is 3.02. The van der Waals surface area contributed by atoms with E-state index in [2.05, 4.69) is 5.32 Å². The summed E-state index contributed by atoms with van der Waals surface area (Å²) in [6.07, 6.45) is 0.196. The Labute approximate surface area is 126 Å². The quantitative estimate of drug-likeness (QED) is 0.847. The van der Waals surface area contributed by atoms with E-state index >= 15 is 0 Å². The molecule has 118 valence electrons. The first-order chi connectivity index (χ1) is 9.54. The summed E-state index contributed by atoms with van der Waals surface area (Å²) in [5.74, 6) is -0.491. The second-order valence-electron chi connectivity index (χ2n) is 7.04. The number of rotatable bonds is 6. The lowest BCUT2D eigenvalue weighted by molar-refractivity contribution is -0.126. The zero-order chi connectivity index (χ0) is 16.3. The molecule has 0 bridgehead atoms. The Balaban J connectivity index is 2.74. The third-order valence-corrected chi connectivity index (χ3v) is 3.69. The van der Waals surface area contributed by atoms with Crippen LogP contribution in [0.1, 0.15) is 46.6 Å². The van der Waals surface area contributed by atoms with Gasteiger partial charge in [0, 0.05) is 6.54 Å². The molecule has 1 unspecified atom stereocenters. The third-order valence-electron chi connectivity index (χ3n) is 3.69. The van der Waals surface area contributed by atoms with Gasteiger partial charge in [0.15, 0.2) is 0 Å². The van der Waals surface area contributed by atoms with Gasteiger partial charge < -0.3 is 10.4 Å². The van der Waals surface area contributed by atoms with Crippen molar-refractivity contribution in [1.82, 2.24) is 5.32 Å². The van der Waals surface area contributed by atoms with Crippen molar-refractivity contribution >= 4 is 5.91 Å². The average molecular weight is 295 g/mol. The van der Waals surface area contributed by atoms with Gasteiger partial charge in [0.25, 0.3) is 0 Å². The van der Waals surface area contributed by atoms with Crippen molar-refractivity contribution in [2.45, 2.75) is 52.6 Å². The summed E-state index contributed by atoms with van der Waals surface area (Å²) in [6.45, 7) is 9.75. The number of nitrogens with one attached hydrogen (secondary N) is 1. The molecule has 0 spiro atoms. The molecule has 0 fully saturated rings. The normalized spacial score (nSPS) is 13.9. The number of hydrogen-bond acceptors (Lipinski definition) is 2. The molecule has 0 aromatic heterocycles. The molecule has 1 rings (SSSR count). The molecule has 0 saturated heterocycles. The maximum absolute atomic E-state index is 13.3. The van der Waals surface area contributed by atoms with Gasteiger partial charge in [-0.1, -0.05) is 26.0 Å². The van der Waals surface area contributed by atoms with Crippen LogP contribution < -0.4 is 5.32 Å². The third kappa shape index (κ3) is 5.12. The topological polar surface area (TPSA) is 49.3 Å². The molecule has 4 heteroatoms. The molecular formula is C17H26FNO2. The molecule has 0 aliphatic rings. The summed E-state index contributed by atoms with van der Waals surface area (Å²) in [5, 5.41) is 12.4. The number of halogens is 1. The molecule has 0 heterocycles. The Morgan fingerprint density at radius 3 is 2.48 bits per heavy atom. The standard InChI is InChI=1S/C17H26FNO2/c1-12(20)10-16(2,3)11-19-15(21)17(4,5)13-7-6-8-14(18)9-13/h6-9,12,20H,10-11H2,1-5H3,(H,19,21). The van der Waals surface area contributed by atoms with Gasteiger partial charge >= 0.3 is 0 Å². The highest BCUT2D eigenvalue weighted by Gasteiger charge is 2.31. The second kappa shape index (κ2) is 6.56. The molecule has 1 aromatic rings.